The van der Waals surface area contributed by atoms with Crippen LogP contribution in [0.1, 0.15) is 140 Å². The van der Waals surface area contributed by atoms with Crippen LogP contribution in [-0.2, 0) is 0 Å². The molecule has 0 aliphatic heterocycles. The van der Waals surface area contributed by atoms with Crippen LogP contribution in [0.4, 0.5) is 0 Å². The minimum atomic E-state index is -0.931. The Morgan fingerprint density at radius 2 is 0.912 bits per heavy atom. The van der Waals surface area contributed by atoms with Crippen molar-refractivity contribution in [3.63, 3.8) is 0 Å². The Hall–Kier alpha value is -1.13. The predicted molar refractivity (Wildman–Crippen MR) is 161 cm³/mol. The number of rotatable bonds is 5. The van der Waals surface area contributed by atoms with Crippen LogP contribution in [-0.4, -0.2) is 10.3 Å². The lowest BCUT2D eigenvalue weighted by Gasteiger charge is -2.38. The number of benzene rings is 2. The molecule has 0 spiro atoms. The predicted octanol–water partition coefficient (Wildman–Crippen LogP) is 10.4. The average Bonchev–Trinajstić information content (AvgIpc) is 2.67. The van der Waals surface area contributed by atoms with Gasteiger partial charge < -0.3 is 0 Å². The Balaban J connectivity index is 3.27. The molecule has 0 saturated carbocycles. The van der Waals surface area contributed by atoms with Crippen molar-refractivity contribution in [3.8, 4) is 11.1 Å². The molecule has 0 aromatic heterocycles. The Bertz CT molecular complexity index is 993. The summed E-state index contributed by atoms with van der Waals surface area (Å²) in [6, 6.07) is 5.07. The number of hydrogen-bond donors (Lipinski definition) is 0. The van der Waals surface area contributed by atoms with Crippen LogP contribution in [0, 0.1) is 27.7 Å². The average molecular weight is 482 g/mol. The first-order valence-electron chi connectivity index (χ1n) is 13.5. The minimum Gasteiger partial charge on any atom is -0.0587 e. The van der Waals surface area contributed by atoms with Crippen molar-refractivity contribution in [1.82, 2.24) is 0 Å². The monoisotopic (exact) mass is 481 g/mol. The van der Waals surface area contributed by atoms with Crippen molar-refractivity contribution in [2.45, 2.75) is 139 Å². The summed E-state index contributed by atoms with van der Waals surface area (Å²) in [5, 5.41) is 2.20. The first kappa shape index (κ1) is 29.1. The highest BCUT2D eigenvalue weighted by molar-refractivity contribution is 7.69. The molecule has 0 aliphatic carbocycles. The lowest BCUT2D eigenvalue weighted by atomic mass is 9.79. The van der Waals surface area contributed by atoms with Gasteiger partial charge in [0.2, 0.25) is 0 Å². The highest BCUT2D eigenvalue weighted by atomic mass is 31.1. The van der Waals surface area contributed by atoms with E-state index in [9.17, 15) is 0 Å². The van der Waals surface area contributed by atoms with Gasteiger partial charge in [0, 0.05) is 13.5 Å². The van der Waals surface area contributed by atoms with Gasteiger partial charge in [0.15, 0.2) is 0 Å². The summed E-state index contributed by atoms with van der Waals surface area (Å²) < 4.78 is 0. The van der Waals surface area contributed by atoms with Crippen molar-refractivity contribution in [1.29, 1.82) is 0 Å². The van der Waals surface area contributed by atoms with E-state index >= 15 is 0 Å². The van der Waals surface area contributed by atoms with E-state index in [1.807, 2.05) is 0 Å². The van der Waals surface area contributed by atoms with Gasteiger partial charge in [0.25, 0.3) is 0 Å². The fraction of sp³-hybridized carbons (Fsp3) is 0.636. The highest BCUT2D eigenvalue weighted by Crippen LogP contribution is 2.61. The van der Waals surface area contributed by atoms with Gasteiger partial charge in [-0.3, -0.25) is 0 Å². The Kier molecular flexibility index (Phi) is 8.63. The number of hydrogen-bond acceptors (Lipinski definition) is 0. The standard InChI is InChI=1S/C33H53P/c1-19(2)26-17-27(20(3)4)30(28(18-26)21(5)6)29-24(9)22(7)23(8)25(10)31(29)34(32(11,12)13)33(14,15)16/h17-21H,1-16H3/p+1. The fourth-order valence-electron chi connectivity index (χ4n) is 6.06. The zero-order valence-electron chi connectivity index (χ0n) is 25.4. The van der Waals surface area contributed by atoms with E-state index in [0.717, 1.165) is 0 Å². The van der Waals surface area contributed by atoms with Crippen LogP contribution in [0.25, 0.3) is 11.1 Å². The van der Waals surface area contributed by atoms with Crippen LogP contribution in [0.5, 0.6) is 0 Å². The lowest BCUT2D eigenvalue weighted by molar-refractivity contribution is 0.714. The summed E-state index contributed by atoms with van der Waals surface area (Å²) in [7, 11) is -0.931. The molecule has 0 aliphatic rings. The summed E-state index contributed by atoms with van der Waals surface area (Å²) >= 11 is 0. The fourth-order valence-corrected chi connectivity index (χ4v) is 10.9. The molecule has 0 unspecified atom stereocenters. The zero-order chi connectivity index (χ0) is 26.5. The third-order valence-electron chi connectivity index (χ3n) is 7.82. The van der Waals surface area contributed by atoms with Crippen molar-refractivity contribution in [2.75, 3.05) is 0 Å². The molecule has 190 valence electrons. The van der Waals surface area contributed by atoms with E-state index in [1.54, 1.807) is 16.4 Å². The summed E-state index contributed by atoms with van der Waals surface area (Å²) in [6.07, 6.45) is 0. The highest BCUT2D eigenvalue weighted by Gasteiger charge is 2.47. The Labute approximate surface area is 214 Å². The maximum absolute atomic E-state index is 2.53. The molecular formula is C33H54P+. The quantitative estimate of drug-likeness (QED) is 0.373. The van der Waals surface area contributed by atoms with Crippen LogP contribution in [0.2, 0.25) is 0 Å². The molecule has 0 nitrogen and oxygen atoms in total. The minimum absolute atomic E-state index is 0.254. The molecule has 0 saturated heterocycles. The molecule has 0 fully saturated rings. The largest absolute Gasteiger partial charge is 0.104 e. The van der Waals surface area contributed by atoms with Gasteiger partial charge in [0.05, 0.1) is 10.3 Å². The van der Waals surface area contributed by atoms with Gasteiger partial charge in [-0.25, -0.2) is 0 Å². The molecule has 0 heterocycles. The van der Waals surface area contributed by atoms with Gasteiger partial charge in [-0.1, -0.05) is 53.7 Å². The molecule has 0 atom stereocenters. The molecule has 0 bridgehead atoms. The van der Waals surface area contributed by atoms with Crippen LogP contribution >= 0.6 is 7.92 Å². The van der Waals surface area contributed by atoms with Crippen molar-refractivity contribution in [2.24, 2.45) is 0 Å². The second kappa shape index (κ2) is 10.1. The smallest absolute Gasteiger partial charge is 0.0587 e. The van der Waals surface area contributed by atoms with Gasteiger partial charge in [-0.2, -0.15) is 0 Å². The van der Waals surface area contributed by atoms with Crippen LogP contribution in [0.15, 0.2) is 12.1 Å². The van der Waals surface area contributed by atoms with Crippen molar-refractivity contribution >= 4 is 13.2 Å². The molecule has 2 aromatic carbocycles. The van der Waals surface area contributed by atoms with Gasteiger partial charge in [-0.05, 0) is 131 Å². The molecule has 2 aromatic rings. The molecule has 0 amide bonds. The Morgan fingerprint density at radius 3 is 1.24 bits per heavy atom. The Morgan fingerprint density at radius 1 is 0.529 bits per heavy atom. The third kappa shape index (κ3) is 5.48. The van der Waals surface area contributed by atoms with E-state index < -0.39 is 7.92 Å². The van der Waals surface area contributed by atoms with E-state index in [4.69, 9.17) is 0 Å². The maximum atomic E-state index is 2.53. The topological polar surface area (TPSA) is 0 Å². The molecular weight excluding hydrogens is 427 g/mol. The third-order valence-corrected chi connectivity index (χ3v) is 11.9. The van der Waals surface area contributed by atoms with Crippen LogP contribution in [0.3, 0.4) is 0 Å². The maximum Gasteiger partial charge on any atom is 0.104 e. The van der Waals surface area contributed by atoms with Crippen LogP contribution < -0.4 is 5.30 Å². The summed E-state index contributed by atoms with van der Waals surface area (Å²) in [5.74, 6) is 1.51. The summed E-state index contributed by atoms with van der Waals surface area (Å²) in [4.78, 5) is 0. The van der Waals surface area contributed by atoms with Gasteiger partial charge in [0.1, 0.15) is 5.30 Å². The normalized spacial score (nSPS) is 13.2. The van der Waals surface area contributed by atoms with Gasteiger partial charge in [-0.15, -0.1) is 0 Å². The van der Waals surface area contributed by atoms with Gasteiger partial charge >= 0.3 is 0 Å². The van der Waals surface area contributed by atoms with E-state index in [2.05, 4.69) is 123 Å². The zero-order valence-corrected chi connectivity index (χ0v) is 26.4. The van der Waals surface area contributed by atoms with Crippen molar-refractivity contribution in [3.05, 3.63) is 51.1 Å². The summed E-state index contributed by atoms with van der Waals surface area (Å²) in [5.41, 5.74) is 13.7. The molecule has 0 radical (unpaired) electrons. The first-order valence-corrected chi connectivity index (χ1v) is 15.0. The lowest BCUT2D eigenvalue weighted by Crippen LogP contribution is -2.34. The van der Waals surface area contributed by atoms with E-state index in [-0.39, 0.29) is 10.3 Å². The molecule has 0 N–H and O–H groups in total. The first-order chi connectivity index (χ1) is 15.3. The van der Waals surface area contributed by atoms with E-state index in [1.165, 1.54) is 38.9 Å². The second-order valence-corrected chi connectivity index (χ2v) is 17.9. The molecule has 1 heteroatoms. The summed E-state index contributed by atoms with van der Waals surface area (Å²) in [6.45, 7) is 38.6. The molecule has 2 rings (SSSR count). The van der Waals surface area contributed by atoms with E-state index in [0.29, 0.717) is 17.8 Å². The molecule has 34 heavy (non-hydrogen) atoms. The van der Waals surface area contributed by atoms with Crippen molar-refractivity contribution < 1.29 is 0 Å². The SMILES string of the molecule is Cc1c(C)c(C)c([PH+](C(C)(C)C)C(C)(C)C)c(-c2c(C(C)C)cc(C(C)C)cc2C(C)C)c1C. The second-order valence-electron chi connectivity index (χ2n) is 13.7.